The Morgan fingerprint density at radius 2 is 1.81 bits per heavy atom. The highest BCUT2D eigenvalue weighted by molar-refractivity contribution is 5.74. The minimum Gasteiger partial charge on any atom is -0.489 e. The molecule has 1 unspecified atom stereocenters. The predicted octanol–water partition coefficient (Wildman–Crippen LogP) is 3.57. The molecule has 0 amide bonds. The Morgan fingerprint density at radius 3 is 2.41 bits per heavy atom. The Labute approximate surface area is 182 Å². The standard InChI is InChI=1S/C22H23F2N3O5/c1-13-5-6-16(19(11-13)32-14(2)20(28)30-4)12-31-18-9-7-17(8-10-18)27-22(29)26(21(23)24)15(3)25-27/h5-11,14,21H,12H2,1-4H3. The van der Waals surface area contributed by atoms with Crippen molar-refractivity contribution in [1.29, 1.82) is 0 Å². The zero-order valence-corrected chi connectivity index (χ0v) is 18.0. The van der Waals surface area contributed by atoms with Crippen LogP contribution in [0.5, 0.6) is 11.5 Å². The Kier molecular flexibility index (Phi) is 6.92. The molecule has 0 aliphatic rings. The molecule has 3 aromatic rings. The number of aryl methyl sites for hydroxylation is 2. The molecular weight excluding hydrogens is 424 g/mol. The highest BCUT2D eigenvalue weighted by atomic mass is 19.3. The third-order valence-electron chi connectivity index (χ3n) is 4.71. The van der Waals surface area contributed by atoms with Gasteiger partial charge in [-0.3, -0.25) is 0 Å². The van der Waals surface area contributed by atoms with E-state index in [0.29, 0.717) is 21.8 Å². The first kappa shape index (κ1) is 23.0. The van der Waals surface area contributed by atoms with Crippen LogP contribution in [-0.4, -0.2) is 33.5 Å². The number of nitrogens with zero attached hydrogens (tertiary/aromatic N) is 3. The highest BCUT2D eigenvalue weighted by Gasteiger charge is 2.19. The Morgan fingerprint density at radius 1 is 1.12 bits per heavy atom. The van der Waals surface area contributed by atoms with Crippen LogP contribution < -0.4 is 15.2 Å². The van der Waals surface area contributed by atoms with E-state index in [2.05, 4.69) is 5.10 Å². The fourth-order valence-corrected chi connectivity index (χ4v) is 3.01. The maximum absolute atomic E-state index is 13.0. The first-order chi connectivity index (χ1) is 15.2. The van der Waals surface area contributed by atoms with E-state index in [-0.39, 0.29) is 12.4 Å². The van der Waals surface area contributed by atoms with Gasteiger partial charge in [-0.1, -0.05) is 12.1 Å². The van der Waals surface area contributed by atoms with Crippen molar-refractivity contribution in [1.82, 2.24) is 14.3 Å². The predicted molar refractivity (Wildman–Crippen MR) is 111 cm³/mol. The zero-order chi connectivity index (χ0) is 23.4. The van der Waals surface area contributed by atoms with E-state index in [1.807, 2.05) is 19.1 Å². The summed E-state index contributed by atoms with van der Waals surface area (Å²) in [6.07, 6.45) is -0.783. The second-order valence-electron chi connectivity index (χ2n) is 7.07. The Hall–Kier alpha value is -3.69. The average molecular weight is 447 g/mol. The van der Waals surface area contributed by atoms with Crippen molar-refractivity contribution in [3.8, 4) is 17.2 Å². The number of methoxy groups -OCH3 is 1. The van der Waals surface area contributed by atoms with E-state index >= 15 is 0 Å². The van der Waals surface area contributed by atoms with E-state index in [9.17, 15) is 18.4 Å². The van der Waals surface area contributed by atoms with Gasteiger partial charge in [0.05, 0.1) is 12.8 Å². The highest BCUT2D eigenvalue weighted by Crippen LogP contribution is 2.24. The van der Waals surface area contributed by atoms with E-state index in [4.69, 9.17) is 14.2 Å². The number of hydrogen-bond acceptors (Lipinski definition) is 6. The van der Waals surface area contributed by atoms with Crippen LogP contribution in [0, 0.1) is 13.8 Å². The van der Waals surface area contributed by atoms with Gasteiger partial charge in [0.2, 0.25) is 0 Å². The smallest absolute Gasteiger partial charge is 0.355 e. The molecule has 170 valence electrons. The normalized spacial score (nSPS) is 12.0. The topological polar surface area (TPSA) is 84.6 Å². The van der Waals surface area contributed by atoms with Crippen molar-refractivity contribution >= 4 is 5.97 Å². The molecule has 0 saturated carbocycles. The number of rotatable bonds is 8. The molecule has 0 fully saturated rings. The van der Waals surface area contributed by atoms with E-state index in [1.165, 1.54) is 14.0 Å². The molecule has 1 atom stereocenters. The van der Waals surface area contributed by atoms with Crippen molar-refractivity contribution in [2.75, 3.05) is 7.11 Å². The molecule has 0 aliphatic carbocycles. The Bertz CT molecular complexity index is 1160. The minimum atomic E-state index is -2.97. The molecule has 0 bridgehead atoms. The van der Waals surface area contributed by atoms with Crippen LogP contribution in [-0.2, 0) is 16.1 Å². The summed E-state index contributed by atoms with van der Waals surface area (Å²) >= 11 is 0. The maximum atomic E-state index is 13.0. The summed E-state index contributed by atoms with van der Waals surface area (Å²) in [7, 11) is 1.29. The second-order valence-corrected chi connectivity index (χ2v) is 7.07. The van der Waals surface area contributed by atoms with Crippen molar-refractivity contribution in [2.45, 2.75) is 40.0 Å². The summed E-state index contributed by atoms with van der Waals surface area (Å²) in [5, 5.41) is 3.89. The number of carbonyl (C=O) groups is 1. The van der Waals surface area contributed by atoms with Gasteiger partial charge in [0, 0.05) is 5.56 Å². The van der Waals surface area contributed by atoms with E-state index in [0.717, 1.165) is 15.8 Å². The van der Waals surface area contributed by atoms with Gasteiger partial charge in [-0.2, -0.15) is 18.6 Å². The van der Waals surface area contributed by atoms with Crippen LogP contribution in [0.3, 0.4) is 0 Å². The molecule has 0 radical (unpaired) electrons. The van der Waals surface area contributed by atoms with Gasteiger partial charge < -0.3 is 14.2 Å². The second kappa shape index (κ2) is 9.63. The SMILES string of the molecule is COC(=O)C(C)Oc1cc(C)ccc1COc1ccc(-n2nc(C)n(C(F)F)c2=O)cc1. The van der Waals surface area contributed by atoms with Gasteiger partial charge in [-0.05, 0) is 56.7 Å². The molecule has 0 saturated heterocycles. The van der Waals surface area contributed by atoms with Crippen LogP contribution in [0.1, 0.15) is 30.4 Å². The van der Waals surface area contributed by atoms with E-state index < -0.39 is 24.3 Å². The maximum Gasteiger partial charge on any atom is 0.355 e. The average Bonchev–Trinajstić information content (AvgIpc) is 3.06. The molecule has 1 heterocycles. The van der Waals surface area contributed by atoms with Crippen LogP contribution in [0.2, 0.25) is 0 Å². The lowest BCUT2D eigenvalue weighted by Crippen LogP contribution is -2.25. The molecule has 0 spiro atoms. The van der Waals surface area contributed by atoms with Crippen LogP contribution in [0.4, 0.5) is 8.78 Å². The number of halogens is 2. The summed E-state index contributed by atoms with van der Waals surface area (Å²) < 4.78 is 43.4. The first-order valence-corrected chi connectivity index (χ1v) is 9.74. The van der Waals surface area contributed by atoms with E-state index in [1.54, 1.807) is 37.3 Å². The third kappa shape index (κ3) is 4.96. The van der Waals surface area contributed by atoms with Gasteiger partial charge in [0.25, 0.3) is 0 Å². The quantitative estimate of drug-likeness (QED) is 0.491. The summed E-state index contributed by atoms with van der Waals surface area (Å²) in [6.45, 7) is 2.02. The Balaban J connectivity index is 1.75. The van der Waals surface area contributed by atoms with Gasteiger partial charge in [0.15, 0.2) is 6.10 Å². The van der Waals surface area contributed by atoms with Crippen molar-refractivity contribution in [3.63, 3.8) is 0 Å². The zero-order valence-electron chi connectivity index (χ0n) is 18.0. The van der Waals surface area contributed by atoms with Crippen LogP contribution in [0.15, 0.2) is 47.3 Å². The van der Waals surface area contributed by atoms with Crippen molar-refractivity contribution in [2.24, 2.45) is 0 Å². The number of ether oxygens (including phenoxy) is 3. The molecule has 3 rings (SSSR count). The largest absolute Gasteiger partial charge is 0.489 e. The van der Waals surface area contributed by atoms with Crippen molar-refractivity contribution < 1.29 is 27.8 Å². The number of hydrogen-bond donors (Lipinski definition) is 0. The fraction of sp³-hybridized carbons (Fsp3) is 0.318. The number of esters is 1. The van der Waals surface area contributed by atoms with Crippen LogP contribution in [0.25, 0.3) is 5.69 Å². The van der Waals surface area contributed by atoms with Gasteiger partial charge in [0.1, 0.15) is 23.9 Å². The van der Waals surface area contributed by atoms with Crippen LogP contribution >= 0.6 is 0 Å². The minimum absolute atomic E-state index is 0.0848. The molecule has 2 aromatic carbocycles. The summed E-state index contributed by atoms with van der Waals surface area (Å²) in [5.74, 6) is 0.408. The summed E-state index contributed by atoms with van der Waals surface area (Å²) in [5.41, 5.74) is 1.08. The van der Waals surface area contributed by atoms with Gasteiger partial charge in [-0.25, -0.2) is 14.2 Å². The lowest BCUT2D eigenvalue weighted by molar-refractivity contribution is -0.147. The number of alkyl halides is 2. The number of benzene rings is 2. The third-order valence-corrected chi connectivity index (χ3v) is 4.71. The molecule has 1 aromatic heterocycles. The van der Waals surface area contributed by atoms with Gasteiger partial charge >= 0.3 is 18.2 Å². The monoisotopic (exact) mass is 447 g/mol. The fourth-order valence-electron chi connectivity index (χ4n) is 3.01. The molecule has 10 heteroatoms. The van der Waals surface area contributed by atoms with Crippen molar-refractivity contribution in [3.05, 3.63) is 69.9 Å². The molecular formula is C22H23F2N3O5. The lowest BCUT2D eigenvalue weighted by Gasteiger charge is -2.17. The number of carbonyl (C=O) groups excluding carboxylic acids is 1. The summed E-state index contributed by atoms with van der Waals surface area (Å²) in [4.78, 5) is 23.8. The molecule has 8 nitrogen and oxygen atoms in total. The summed E-state index contributed by atoms with van der Waals surface area (Å²) in [6, 6.07) is 11.8. The number of aromatic nitrogens is 3. The molecule has 0 N–H and O–H groups in total. The lowest BCUT2D eigenvalue weighted by atomic mass is 10.1. The molecule has 0 aliphatic heterocycles. The molecule has 32 heavy (non-hydrogen) atoms. The van der Waals surface area contributed by atoms with Gasteiger partial charge in [-0.15, -0.1) is 0 Å². The first-order valence-electron chi connectivity index (χ1n) is 9.74.